The quantitative estimate of drug-likeness (QED) is 0.830. The van der Waals surface area contributed by atoms with Gasteiger partial charge >= 0.3 is 0 Å². The van der Waals surface area contributed by atoms with Crippen LogP contribution < -0.4 is 10.3 Å². The van der Waals surface area contributed by atoms with E-state index in [1.54, 1.807) is 11.6 Å². The highest BCUT2D eigenvalue weighted by molar-refractivity contribution is 5.76. The highest BCUT2D eigenvalue weighted by Crippen LogP contribution is 2.19. The SMILES string of the molecule is Cc1cc(OC2CCN(C(=O)CCc3ccccc3)CC2)cc(=O)n1C. The van der Waals surface area contributed by atoms with Crippen LogP contribution in [0.1, 0.15) is 30.5 Å². The number of carbonyl (C=O) groups excluding carboxylic acids is 1. The van der Waals surface area contributed by atoms with Crippen LogP contribution in [0.5, 0.6) is 5.75 Å². The number of amides is 1. The maximum Gasteiger partial charge on any atom is 0.254 e. The van der Waals surface area contributed by atoms with Gasteiger partial charge in [0.25, 0.3) is 5.56 Å². The highest BCUT2D eigenvalue weighted by Gasteiger charge is 2.24. The molecule has 0 aliphatic carbocycles. The van der Waals surface area contributed by atoms with Gasteiger partial charge in [0.1, 0.15) is 11.9 Å². The van der Waals surface area contributed by atoms with Crippen LogP contribution in [0.2, 0.25) is 0 Å². The number of benzene rings is 1. The molecule has 1 saturated heterocycles. The summed E-state index contributed by atoms with van der Waals surface area (Å²) < 4.78 is 7.58. The van der Waals surface area contributed by atoms with Gasteiger partial charge in [0, 0.05) is 51.2 Å². The van der Waals surface area contributed by atoms with E-state index >= 15 is 0 Å². The number of ether oxygens (including phenoxy) is 1. The summed E-state index contributed by atoms with van der Waals surface area (Å²) in [6.07, 6.45) is 2.97. The van der Waals surface area contributed by atoms with Crippen LogP contribution in [0.15, 0.2) is 47.3 Å². The number of nitrogens with zero attached hydrogens (tertiary/aromatic N) is 2. The molecule has 26 heavy (non-hydrogen) atoms. The van der Waals surface area contributed by atoms with E-state index in [9.17, 15) is 9.59 Å². The molecule has 1 aliphatic rings. The van der Waals surface area contributed by atoms with Crippen molar-refractivity contribution in [1.29, 1.82) is 0 Å². The third-order valence-corrected chi connectivity index (χ3v) is 5.04. The summed E-state index contributed by atoms with van der Waals surface area (Å²) in [5, 5.41) is 0. The molecule has 5 heteroatoms. The van der Waals surface area contributed by atoms with Gasteiger partial charge in [-0.25, -0.2) is 0 Å². The van der Waals surface area contributed by atoms with E-state index in [2.05, 4.69) is 12.1 Å². The molecule has 3 rings (SSSR count). The number of aryl methyl sites for hydroxylation is 2. The summed E-state index contributed by atoms with van der Waals surface area (Å²) in [4.78, 5) is 26.2. The molecule has 1 amide bonds. The normalized spacial score (nSPS) is 15.1. The van der Waals surface area contributed by atoms with Crippen molar-refractivity contribution in [3.63, 3.8) is 0 Å². The minimum Gasteiger partial charge on any atom is -0.490 e. The maximum absolute atomic E-state index is 12.4. The first-order chi connectivity index (χ1) is 12.5. The number of aromatic nitrogens is 1. The number of hydrogen-bond donors (Lipinski definition) is 0. The van der Waals surface area contributed by atoms with E-state index in [4.69, 9.17) is 4.74 Å². The lowest BCUT2D eigenvalue weighted by atomic mass is 10.1. The first-order valence-corrected chi connectivity index (χ1v) is 9.19. The van der Waals surface area contributed by atoms with Gasteiger partial charge < -0.3 is 14.2 Å². The Balaban J connectivity index is 1.48. The van der Waals surface area contributed by atoms with Crippen molar-refractivity contribution in [2.24, 2.45) is 7.05 Å². The van der Waals surface area contributed by atoms with Crippen molar-refractivity contribution >= 4 is 5.91 Å². The monoisotopic (exact) mass is 354 g/mol. The zero-order valence-electron chi connectivity index (χ0n) is 15.5. The molecule has 0 bridgehead atoms. The summed E-state index contributed by atoms with van der Waals surface area (Å²) in [6.45, 7) is 3.31. The molecule has 1 aromatic carbocycles. The highest BCUT2D eigenvalue weighted by atomic mass is 16.5. The van der Waals surface area contributed by atoms with Gasteiger partial charge in [0.2, 0.25) is 5.91 Å². The molecule has 0 saturated carbocycles. The Morgan fingerprint density at radius 1 is 1.15 bits per heavy atom. The molecule has 0 atom stereocenters. The maximum atomic E-state index is 12.4. The lowest BCUT2D eigenvalue weighted by Crippen LogP contribution is -2.42. The van der Waals surface area contributed by atoms with Crippen molar-refractivity contribution in [3.05, 3.63) is 64.1 Å². The van der Waals surface area contributed by atoms with Gasteiger partial charge in [-0.2, -0.15) is 0 Å². The molecule has 1 aromatic heterocycles. The average Bonchev–Trinajstić information content (AvgIpc) is 2.65. The molecule has 138 valence electrons. The second-order valence-electron chi connectivity index (χ2n) is 6.91. The second kappa shape index (κ2) is 8.21. The lowest BCUT2D eigenvalue weighted by Gasteiger charge is -2.32. The number of hydrogen-bond acceptors (Lipinski definition) is 3. The van der Waals surface area contributed by atoms with Crippen LogP contribution in [-0.4, -0.2) is 34.6 Å². The van der Waals surface area contributed by atoms with E-state index in [1.165, 1.54) is 11.6 Å². The largest absolute Gasteiger partial charge is 0.490 e. The number of likely N-dealkylation sites (tertiary alicyclic amines) is 1. The first kappa shape index (κ1) is 18.2. The molecule has 2 aromatic rings. The van der Waals surface area contributed by atoms with E-state index < -0.39 is 0 Å². The number of piperidine rings is 1. The summed E-state index contributed by atoms with van der Waals surface area (Å²) >= 11 is 0. The minimum atomic E-state index is -0.0616. The number of rotatable bonds is 5. The fourth-order valence-electron chi connectivity index (χ4n) is 3.27. The summed E-state index contributed by atoms with van der Waals surface area (Å²) in [5.74, 6) is 0.830. The van der Waals surface area contributed by atoms with Crippen molar-refractivity contribution in [3.8, 4) is 5.75 Å². The molecular formula is C21H26N2O3. The Morgan fingerprint density at radius 3 is 2.50 bits per heavy atom. The third kappa shape index (κ3) is 4.54. The smallest absolute Gasteiger partial charge is 0.254 e. The van der Waals surface area contributed by atoms with Crippen LogP contribution in [0.25, 0.3) is 0 Å². The zero-order chi connectivity index (χ0) is 18.5. The van der Waals surface area contributed by atoms with Gasteiger partial charge in [-0.05, 0) is 25.0 Å². The van der Waals surface area contributed by atoms with Crippen molar-refractivity contribution in [1.82, 2.24) is 9.47 Å². The molecule has 0 N–H and O–H groups in total. The Labute approximate surface area is 154 Å². The number of pyridine rings is 1. The predicted molar refractivity (Wildman–Crippen MR) is 101 cm³/mol. The third-order valence-electron chi connectivity index (χ3n) is 5.04. The van der Waals surface area contributed by atoms with Gasteiger partial charge in [-0.1, -0.05) is 30.3 Å². The Bertz CT molecular complexity index is 806. The van der Waals surface area contributed by atoms with Crippen LogP contribution in [0.4, 0.5) is 0 Å². The topological polar surface area (TPSA) is 51.5 Å². The van der Waals surface area contributed by atoms with Gasteiger partial charge in [0.15, 0.2) is 0 Å². The standard InChI is InChI=1S/C21H26N2O3/c1-16-14-19(15-21(25)22(16)2)26-18-10-12-23(13-11-18)20(24)9-8-17-6-4-3-5-7-17/h3-7,14-15,18H,8-13H2,1-2H3. The zero-order valence-corrected chi connectivity index (χ0v) is 15.5. The average molecular weight is 354 g/mol. The number of carbonyl (C=O) groups is 1. The molecule has 0 radical (unpaired) electrons. The molecule has 2 heterocycles. The fraction of sp³-hybridized carbons (Fsp3) is 0.429. The molecule has 1 fully saturated rings. The first-order valence-electron chi connectivity index (χ1n) is 9.19. The van der Waals surface area contributed by atoms with Crippen LogP contribution >= 0.6 is 0 Å². The summed E-state index contributed by atoms with van der Waals surface area (Å²) in [5.41, 5.74) is 2.01. The molecule has 0 unspecified atom stereocenters. The summed E-state index contributed by atoms with van der Waals surface area (Å²) in [7, 11) is 1.75. The van der Waals surface area contributed by atoms with Gasteiger partial charge in [-0.15, -0.1) is 0 Å². The van der Waals surface area contributed by atoms with Gasteiger partial charge in [-0.3, -0.25) is 9.59 Å². The van der Waals surface area contributed by atoms with E-state index in [0.29, 0.717) is 25.3 Å². The fourth-order valence-corrected chi connectivity index (χ4v) is 3.27. The minimum absolute atomic E-state index is 0.0553. The molecule has 1 aliphatic heterocycles. The Kier molecular flexibility index (Phi) is 5.76. The van der Waals surface area contributed by atoms with E-state index in [1.807, 2.05) is 36.1 Å². The van der Waals surface area contributed by atoms with Crippen molar-refractivity contribution < 1.29 is 9.53 Å². The van der Waals surface area contributed by atoms with E-state index in [0.717, 1.165) is 25.0 Å². The second-order valence-corrected chi connectivity index (χ2v) is 6.91. The molecule has 0 spiro atoms. The molecular weight excluding hydrogens is 328 g/mol. The van der Waals surface area contributed by atoms with Crippen LogP contribution in [0.3, 0.4) is 0 Å². The van der Waals surface area contributed by atoms with Gasteiger partial charge in [0.05, 0.1) is 0 Å². The van der Waals surface area contributed by atoms with Crippen molar-refractivity contribution in [2.45, 2.75) is 38.7 Å². The van der Waals surface area contributed by atoms with E-state index in [-0.39, 0.29) is 17.6 Å². The van der Waals surface area contributed by atoms with Crippen LogP contribution in [-0.2, 0) is 18.3 Å². The van der Waals surface area contributed by atoms with Crippen molar-refractivity contribution in [2.75, 3.05) is 13.1 Å². The molecule has 5 nitrogen and oxygen atoms in total. The Morgan fingerprint density at radius 2 is 1.85 bits per heavy atom. The Hall–Kier alpha value is -2.56. The lowest BCUT2D eigenvalue weighted by molar-refractivity contribution is -0.132. The van der Waals surface area contributed by atoms with Crippen LogP contribution in [0, 0.1) is 6.92 Å². The predicted octanol–water partition coefficient (Wildman–Crippen LogP) is 2.70. The summed E-state index contributed by atoms with van der Waals surface area (Å²) in [6, 6.07) is 13.5.